The van der Waals surface area contributed by atoms with Gasteiger partial charge >= 0.3 is 5.97 Å². The predicted octanol–water partition coefficient (Wildman–Crippen LogP) is 2.97. The zero-order chi connectivity index (χ0) is 10.8. The van der Waals surface area contributed by atoms with Crippen molar-refractivity contribution in [3.63, 3.8) is 0 Å². The average Bonchev–Trinajstić information content (AvgIpc) is 2.87. The van der Waals surface area contributed by atoms with Gasteiger partial charge in [0.25, 0.3) is 0 Å². The summed E-state index contributed by atoms with van der Waals surface area (Å²) >= 11 is 0. The summed E-state index contributed by atoms with van der Waals surface area (Å²) in [7, 11) is 0. The number of hydrogen-bond acceptors (Lipinski definition) is 2. The van der Waals surface area contributed by atoms with Crippen molar-refractivity contribution in [2.75, 3.05) is 0 Å². The Kier molecular flexibility index (Phi) is 1.68. The highest BCUT2D eigenvalue weighted by Gasteiger charge is 2.68. The van der Waals surface area contributed by atoms with Crippen molar-refractivity contribution < 1.29 is 9.53 Å². The van der Waals surface area contributed by atoms with Gasteiger partial charge in [0.15, 0.2) is 5.60 Å². The quantitative estimate of drug-likeness (QED) is 0.461. The van der Waals surface area contributed by atoms with E-state index < -0.39 is 0 Å². The van der Waals surface area contributed by atoms with E-state index in [1.165, 1.54) is 56.1 Å². The molecule has 0 radical (unpaired) electrons. The Morgan fingerprint density at radius 1 is 1.00 bits per heavy atom. The van der Waals surface area contributed by atoms with Crippen molar-refractivity contribution in [1.29, 1.82) is 0 Å². The van der Waals surface area contributed by atoms with Crippen LogP contribution in [0.4, 0.5) is 0 Å². The number of esters is 1. The molecule has 3 aliphatic carbocycles. The second-order valence-corrected chi connectivity index (χ2v) is 5.82. The molecule has 0 N–H and O–H groups in total. The van der Waals surface area contributed by atoms with Crippen LogP contribution >= 0.6 is 0 Å². The minimum absolute atomic E-state index is 0.110. The molecule has 2 atom stereocenters. The number of ether oxygens (including phenoxy) is 1. The van der Waals surface area contributed by atoms with E-state index in [4.69, 9.17) is 4.74 Å². The normalized spacial score (nSPS) is 39.4. The van der Waals surface area contributed by atoms with Gasteiger partial charge in [0.1, 0.15) is 0 Å². The molecule has 0 aromatic carbocycles. The molecule has 1 spiro atoms. The van der Waals surface area contributed by atoms with Crippen LogP contribution in [0.3, 0.4) is 0 Å². The standard InChI is InChI=1S/C14H18O2/c15-13-9-5-1-2-6-10(9)14(16-13)11-7-3-4-8-12(11)14/h9-10H,1-8H2. The molecule has 2 fully saturated rings. The first-order valence-electron chi connectivity index (χ1n) is 6.80. The second kappa shape index (κ2) is 2.91. The fourth-order valence-electron chi connectivity index (χ4n) is 4.44. The van der Waals surface area contributed by atoms with Crippen LogP contribution in [0.5, 0.6) is 0 Å². The summed E-state index contributed by atoms with van der Waals surface area (Å²) in [6.45, 7) is 0. The maximum absolute atomic E-state index is 12.0. The lowest BCUT2D eigenvalue weighted by molar-refractivity contribution is -0.145. The zero-order valence-electron chi connectivity index (χ0n) is 9.63. The van der Waals surface area contributed by atoms with Gasteiger partial charge in [0, 0.05) is 5.92 Å². The van der Waals surface area contributed by atoms with Gasteiger partial charge in [-0.05, 0) is 49.7 Å². The number of fused-ring (bicyclic) bond motifs is 4. The van der Waals surface area contributed by atoms with Crippen LogP contribution in [-0.2, 0) is 9.53 Å². The Labute approximate surface area is 96.0 Å². The molecular formula is C14H18O2. The lowest BCUT2D eigenvalue weighted by atomic mass is 9.75. The van der Waals surface area contributed by atoms with Gasteiger partial charge in [-0.25, -0.2) is 0 Å². The van der Waals surface area contributed by atoms with Crippen molar-refractivity contribution in [3.05, 3.63) is 11.1 Å². The average molecular weight is 218 g/mol. The highest BCUT2D eigenvalue weighted by Crippen LogP contribution is 2.65. The molecule has 0 amide bonds. The van der Waals surface area contributed by atoms with Gasteiger partial charge < -0.3 is 4.74 Å². The first-order valence-corrected chi connectivity index (χ1v) is 6.80. The molecule has 86 valence electrons. The first kappa shape index (κ1) is 9.26. The van der Waals surface area contributed by atoms with Gasteiger partial charge in [0.2, 0.25) is 0 Å². The van der Waals surface area contributed by atoms with E-state index in [0.717, 1.165) is 6.42 Å². The number of carbonyl (C=O) groups is 1. The van der Waals surface area contributed by atoms with E-state index in [9.17, 15) is 4.79 Å². The molecule has 1 heterocycles. The van der Waals surface area contributed by atoms with E-state index in [2.05, 4.69) is 0 Å². The summed E-state index contributed by atoms with van der Waals surface area (Å²) in [6.07, 6.45) is 9.80. The molecule has 2 unspecified atom stereocenters. The third-order valence-corrected chi connectivity index (χ3v) is 5.15. The van der Waals surface area contributed by atoms with Crippen LogP contribution in [0.1, 0.15) is 51.4 Å². The van der Waals surface area contributed by atoms with Crippen LogP contribution in [-0.4, -0.2) is 11.6 Å². The molecule has 1 saturated carbocycles. The Bertz CT molecular complexity index is 378. The van der Waals surface area contributed by atoms with Crippen LogP contribution < -0.4 is 0 Å². The molecule has 1 aliphatic heterocycles. The second-order valence-electron chi connectivity index (χ2n) is 5.82. The number of carbonyl (C=O) groups excluding carboxylic acids is 1. The molecule has 1 saturated heterocycles. The fraction of sp³-hybridized carbons (Fsp3) is 0.786. The Morgan fingerprint density at radius 2 is 1.69 bits per heavy atom. The van der Waals surface area contributed by atoms with Crippen molar-refractivity contribution >= 4 is 5.97 Å². The van der Waals surface area contributed by atoms with Crippen molar-refractivity contribution in [3.8, 4) is 0 Å². The highest BCUT2D eigenvalue weighted by atomic mass is 16.6. The Morgan fingerprint density at radius 3 is 2.44 bits per heavy atom. The minimum Gasteiger partial charge on any atom is -0.449 e. The zero-order valence-corrected chi connectivity index (χ0v) is 9.63. The molecule has 16 heavy (non-hydrogen) atoms. The number of rotatable bonds is 0. The largest absolute Gasteiger partial charge is 0.449 e. The minimum atomic E-state index is -0.112. The molecule has 0 bridgehead atoms. The van der Waals surface area contributed by atoms with Gasteiger partial charge in [-0.2, -0.15) is 0 Å². The molecular weight excluding hydrogens is 200 g/mol. The molecule has 0 aromatic rings. The van der Waals surface area contributed by atoms with E-state index in [0.29, 0.717) is 5.92 Å². The van der Waals surface area contributed by atoms with Crippen LogP contribution in [0.2, 0.25) is 0 Å². The van der Waals surface area contributed by atoms with Crippen molar-refractivity contribution in [2.45, 2.75) is 57.0 Å². The lowest BCUT2D eigenvalue weighted by Crippen LogP contribution is -2.29. The fourth-order valence-corrected chi connectivity index (χ4v) is 4.44. The van der Waals surface area contributed by atoms with Crippen molar-refractivity contribution in [1.82, 2.24) is 0 Å². The van der Waals surface area contributed by atoms with Gasteiger partial charge in [0.05, 0.1) is 5.92 Å². The molecule has 2 nitrogen and oxygen atoms in total. The highest BCUT2D eigenvalue weighted by molar-refractivity contribution is 5.81. The smallest absolute Gasteiger partial charge is 0.310 e. The monoisotopic (exact) mass is 218 g/mol. The third-order valence-electron chi connectivity index (χ3n) is 5.15. The van der Waals surface area contributed by atoms with Gasteiger partial charge in [-0.3, -0.25) is 4.79 Å². The Balaban J connectivity index is 1.69. The van der Waals surface area contributed by atoms with E-state index >= 15 is 0 Å². The number of hydrogen-bond donors (Lipinski definition) is 0. The summed E-state index contributed by atoms with van der Waals surface area (Å²) in [5.41, 5.74) is 2.95. The summed E-state index contributed by atoms with van der Waals surface area (Å²) in [5, 5.41) is 0. The van der Waals surface area contributed by atoms with E-state index in [-0.39, 0.29) is 17.5 Å². The summed E-state index contributed by atoms with van der Waals surface area (Å²) in [4.78, 5) is 12.0. The van der Waals surface area contributed by atoms with E-state index in [1.807, 2.05) is 0 Å². The van der Waals surface area contributed by atoms with Gasteiger partial charge in [-0.15, -0.1) is 0 Å². The first-order chi connectivity index (χ1) is 7.84. The molecule has 0 aromatic heterocycles. The van der Waals surface area contributed by atoms with Crippen LogP contribution in [0.15, 0.2) is 11.1 Å². The SMILES string of the molecule is O=C1OC2(C3=C2CCCC3)C2CCCCC12. The van der Waals surface area contributed by atoms with Gasteiger partial charge in [-0.1, -0.05) is 12.8 Å². The molecule has 4 aliphatic rings. The predicted molar refractivity (Wildman–Crippen MR) is 59.8 cm³/mol. The molecule has 4 rings (SSSR count). The van der Waals surface area contributed by atoms with E-state index in [1.54, 1.807) is 0 Å². The Hall–Kier alpha value is -0.790. The lowest BCUT2D eigenvalue weighted by Gasteiger charge is -2.26. The van der Waals surface area contributed by atoms with Crippen molar-refractivity contribution in [2.24, 2.45) is 11.8 Å². The maximum Gasteiger partial charge on any atom is 0.310 e. The van der Waals surface area contributed by atoms with Crippen LogP contribution in [0, 0.1) is 11.8 Å². The summed E-state index contributed by atoms with van der Waals surface area (Å²) in [6, 6.07) is 0. The van der Waals surface area contributed by atoms with Crippen LogP contribution in [0.25, 0.3) is 0 Å². The summed E-state index contributed by atoms with van der Waals surface area (Å²) < 4.78 is 5.84. The molecule has 2 heteroatoms. The third kappa shape index (κ3) is 0.922. The maximum atomic E-state index is 12.0. The topological polar surface area (TPSA) is 26.3 Å². The summed E-state index contributed by atoms with van der Waals surface area (Å²) in [5.74, 6) is 0.871.